The van der Waals surface area contributed by atoms with E-state index in [1.807, 2.05) is 23.5 Å². The van der Waals surface area contributed by atoms with Gasteiger partial charge < -0.3 is 5.32 Å². The van der Waals surface area contributed by atoms with Gasteiger partial charge in [-0.25, -0.2) is 9.97 Å². The molecule has 112 valence electrons. The minimum absolute atomic E-state index is 0.461. The lowest BCUT2D eigenvalue weighted by atomic mass is 10.1. The zero-order valence-corrected chi connectivity index (χ0v) is 14.3. The molecule has 1 aliphatic rings. The Morgan fingerprint density at radius 3 is 2.85 bits per heavy atom. The number of hydrogen-bond donors (Lipinski definition) is 1. The van der Waals surface area contributed by atoms with Gasteiger partial charge in [0.25, 0.3) is 0 Å². The second-order valence-electron chi connectivity index (χ2n) is 5.56. The van der Waals surface area contributed by atoms with E-state index in [-0.39, 0.29) is 0 Å². The molecule has 1 saturated heterocycles. The molecule has 1 aliphatic heterocycles. The van der Waals surface area contributed by atoms with Crippen molar-refractivity contribution in [3.8, 4) is 0 Å². The van der Waals surface area contributed by atoms with E-state index in [1.54, 1.807) is 0 Å². The first-order valence-electron chi connectivity index (χ1n) is 7.50. The van der Waals surface area contributed by atoms with E-state index in [2.05, 4.69) is 32.2 Å². The quantitative estimate of drug-likeness (QED) is 0.859. The molecule has 1 fully saturated rings. The molecule has 0 spiro atoms. The molecule has 1 aromatic rings. The summed E-state index contributed by atoms with van der Waals surface area (Å²) in [6.07, 6.45) is 2.15. The van der Waals surface area contributed by atoms with Crippen molar-refractivity contribution in [2.45, 2.75) is 38.9 Å². The van der Waals surface area contributed by atoms with Crippen LogP contribution in [0.5, 0.6) is 0 Å². The molecule has 0 amide bonds. The van der Waals surface area contributed by atoms with Crippen molar-refractivity contribution in [3.63, 3.8) is 0 Å². The Morgan fingerprint density at radius 2 is 2.20 bits per heavy atom. The summed E-state index contributed by atoms with van der Waals surface area (Å²) in [5, 5.41) is 3.88. The highest BCUT2D eigenvalue weighted by molar-refractivity contribution is 8.06. The highest BCUT2D eigenvalue weighted by Crippen LogP contribution is 2.35. The Morgan fingerprint density at radius 1 is 1.35 bits per heavy atom. The van der Waals surface area contributed by atoms with Gasteiger partial charge in [0.2, 0.25) is 0 Å². The molecule has 0 radical (unpaired) electrons. The SMILES string of the molecule is CCCNc1cc(CC(C)C)nc(C2CSCCS2)n1. The first kappa shape index (κ1) is 16.0. The van der Waals surface area contributed by atoms with Crippen molar-refractivity contribution in [1.82, 2.24) is 9.97 Å². The largest absolute Gasteiger partial charge is 0.370 e. The molecular formula is C15H25N3S2. The van der Waals surface area contributed by atoms with E-state index in [4.69, 9.17) is 9.97 Å². The van der Waals surface area contributed by atoms with Crippen molar-refractivity contribution in [2.24, 2.45) is 5.92 Å². The Bertz CT molecular complexity index is 418. The first-order valence-corrected chi connectivity index (χ1v) is 9.70. The number of nitrogens with one attached hydrogen (secondary N) is 1. The second kappa shape index (κ2) is 8.13. The molecular weight excluding hydrogens is 286 g/mol. The minimum atomic E-state index is 0.461. The Hall–Kier alpha value is -0.420. The van der Waals surface area contributed by atoms with E-state index in [0.29, 0.717) is 11.2 Å². The van der Waals surface area contributed by atoms with Crippen LogP contribution < -0.4 is 5.32 Å². The van der Waals surface area contributed by atoms with E-state index in [0.717, 1.165) is 36.8 Å². The van der Waals surface area contributed by atoms with Crippen molar-refractivity contribution in [2.75, 3.05) is 29.1 Å². The van der Waals surface area contributed by atoms with E-state index >= 15 is 0 Å². The molecule has 1 unspecified atom stereocenters. The maximum atomic E-state index is 4.82. The molecule has 20 heavy (non-hydrogen) atoms. The molecule has 1 atom stereocenters. The maximum Gasteiger partial charge on any atom is 0.144 e. The molecule has 2 rings (SSSR count). The van der Waals surface area contributed by atoms with E-state index in [9.17, 15) is 0 Å². The smallest absolute Gasteiger partial charge is 0.144 e. The first-order chi connectivity index (χ1) is 9.69. The predicted molar refractivity (Wildman–Crippen MR) is 91.9 cm³/mol. The van der Waals surface area contributed by atoms with Crippen LogP contribution in [0.2, 0.25) is 0 Å². The van der Waals surface area contributed by atoms with Gasteiger partial charge >= 0.3 is 0 Å². The van der Waals surface area contributed by atoms with Crippen LogP contribution in [0.1, 0.15) is 44.0 Å². The zero-order valence-electron chi connectivity index (χ0n) is 12.7. The molecule has 5 heteroatoms. The third-order valence-corrected chi connectivity index (χ3v) is 5.82. The van der Waals surface area contributed by atoms with Gasteiger partial charge in [-0.2, -0.15) is 11.8 Å². The van der Waals surface area contributed by atoms with Crippen LogP contribution in [0.15, 0.2) is 6.07 Å². The summed E-state index contributed by atoms with van der Waals surface area (Å²) in [7, 11) is 0. The highest BCUT2D eigenvalue weighted by Gasteiger charge is 2.20. The number of hydrogen-bond acceptors (Lipinski definition) is 5. The van der Waals surface area contributed by atoms with E-state index < -0.39 is 0 Å². The molecule has 0 aliphatic carbocycles. The molecule has 1 aromatic heterocycles. The third kappa shape index (κ3) is 4.85. The van der Waals surface area contributed by atoms with Crippen molar-refractivity contribution >= 4 is 29.3 Å². The summed E-state index contributed by atoms with van der Waals surface area (Å²) in [4.78, 5) is 9.57. The van der Waals surface area contributed by atoms with Gasteiger partial charge in [-0.15, -0.1) is 11.8 Å². The molecule has 0 aromatic carbocycles. The van der Waals surface area contributed by atoms with Crippen LogP contribution in [0, 0.1) is 5.92 Å². The fourth-order valence-corrected chi connectivity index (χ4v) is 4.76. The van der Waals surface area contributed by atoms with Crippen LogP contribution in [0.3, 0.4) is 0 Å². The van der Waals surface area contributed by atoms with Gasteiger partial charge in [0.15, 0.2) is 0 Å². The summed E-state index contributed by atoms with van der Waals surface area (Å²) < 4.78 is 0. The third-order valence-electron chi connectivity index (χ3n) is 3.07. The van der Waals surface area contributed by atoms with Crippen LogP contribution in [0.4, 0.5) is 5.82 Å². The van der Waals surface area contributed by atoms with Crippen molar-refractivity contribution in [3.05, 3.63) is 17.6 Å². The zero-order chi connectivity index (χ0) is 14.4. The van der Waals surface area contributed by atoms with Gasteiger partial charge in [0.1, 0.15) is 11.6 Å². The number of anilines is 1. The lowest BCUT2D eigenvalue weighted by molar-refractivity contribution is 0.630. The number of rotatable bonds is 6. The standard InChI is InChI=1S/C15H25N3S2/c1-4-5-16-14-9-12(8-11(2)3)17-15(18-14)13-10-19-6-7-20-13/h9,11,13H,4-8,10H2,1-3H3,(H,16,17,18). The Labute approximate surface area is 131 Å². The lowest BCUT2D eigenvalue weighted by Crippen LogP contribution is -2.14. The normalized spacial score (nSPS) is 19.3. The number of aromatic nitrogens is 2. The summed E-state index contributed by atoms with van der Waals surface area (Å²) in [6.45, 7) is 7.64. The molecule has 0 bridgehead atoms. The van der Waals surface area contributed by atoms with Gasteiger partial charge in [0, 0.05) is 35.6 Å². The second-order valence-corrected chi connectivity index (χ2v) is 8.02. The highest BCUT2D eigenvalue weighted by atomic mass is 32.2. The Balaban J connectivity index is 2.19. The van der Waals surface area contributed by atoms with Gasteiger partial charge in [-0.3, -0.25) is 0 Å². The van der Waals surface area contributed by atoms with Crippen LogP contribution in [-0.4, -0.2) is 33.8 Å². The average Bonchev–Trinajstić information content (AvgIpc) is 2.45. The number of thioether (sulfide) groups is 2. The number of nitrogens with zero attached hydrogens (tertiary/aromatic N) is 2. The van der Waals surface area contributed by atoms with Crippen LogP contribution in [0.25, 0.3) is 0 Å². The Kier molecular flexibility index (Phi) is 6.49. The minimum Gasteiger partial charge on any atom is -0.370 e. The average molecular weight is 312 g/mol. The maximum absolute atomic E-state index is 4.82. The summed E-state index contributed by atoms with van der Waals surface area (Å²) in [6, 6.07) is 2.12. The summed E-state index contributed by atoms with van der Waals surface area (Å²) in [5.41, 5.74) is 1.18. The topological polar surface area (TPSA) is 37.8 Å². The van der Waals surface area contributed by atoms with Crippen LogP contribution in [-0.2, 0) is 6.42 Å². The van der Waals surface area contributed by atoms with Gasteiger partial charge in [0.05, 0.1) is 5.25 Å². The van der Waals surface area contributed by atoms with Gasteiger partial charge in [-0.05, 0) is 18.8 Å². The summed E-state index contributed by atoms with van der Waals surface area (Å²) >= 11 is 4.02. The predicted octanol–water partition coefficient (Wildman–Crippen LogP) is 4.02. The van der Waals surface area contributed by atoms with Crippen molar-refractivity contribution < 1.29 is 0 Å². The van der Waals surface area contributed by atoms with E-state index in [1.165, 1.54) is 17.2 Å². The molecule has 3 nitrogen and oxygen atoms in total. The molecule has 0 saturated carbocycles. The molecule has 2 heterocycles. The van der Waals surface area contributed by atoms with Crippen LogP contribution >= 0.6 is 23.5 Å². The lowest BCUT2D eigenvalue weighted by Gasteiger charge is -2.21. The monoisotopic (exact) mass is 311 g/mol. The van der Waals surface area contributed by atoms with Gasteiger partial charge in [-0.1, -0.05) is 20.8 Å². The fraction of sp³-hybridized carbons (Fsp3) is 0.733. The summed E-state index contributed by atoms with van der Waals surface area (Å²) in [5.74, 6) is 6.27. The molecule has 1 N–H and O–H groups in total. The fourth-order valence-electron chi connectivity index (χ4n) is 2.17. The van der Waals surface area contributed by atoms with Crippen molar-refractivity contribution in [1.29, 1.82) is 0 Å².